The van der Waals surface area contributed by atoms with Gasteiger partial charge in [0.05, 0.1) is 26.3 Å². The molecule has 2 aliphatic rings. The summed E-state index contributed by atoms with van der Waals surface area (Å²) in [6, 6.07) is 19.0. The Morgan fingerprint density at radius 2 is 1.70 bits per heavy atom. The van der Waals surface area contributed by atoms with Gasteiger partial charge in [-0.2, -0.15) is 0 Å². The van der Waals surface area contributed by atoms with Crippen LogP contribution in [-0.4, -0.2) is 77.1 Å². The van der Waals surface area contributed by atoms with E-state index < -0.39 is 24.1 Å². The number of piperazine rings is 1. The summed E-state index contributed by atoms with van der Waals surface area (Å²) in [5, 5.41) is 5.57. The molecule has 2 atom stereocenters. The standard InChI is InChI=1S/C29H29F2N5O4/c1-33-18-26(37)35-25(36(33)29(39)32-24-12-6-11-23(31)16-24)17-34(28(38)27(35)21-8-3-2-4-9-21)13-14-40-19-20-7-5-10-22(30)15-20/h2-12,15-16,25,27H,13-14,17-19H2,1H3,(H,32,39)/t25-,27-/m0/s1. The van der Waals surface area contributed by atoms with Crippen molar-refractivity contribution >= 4 is 23.5 Å². The number of rotatable bonds is 7. The van der Waals surface area contributed by atoms with E-state index in [2.05, 4.69) is 5.32 Å². The third-order valence-electron chi connectivity index (χ3n) is 6.89. The first-order valence-electron chi connectivity index (χ1n) is 12.9. The number of carbonyl (C=O) groups excluding carboxylic acids is 3. The van der Waals surface area contributed by atoms with Crippen molar-refractivity contribution < 1.29 is 27.9 Å². The number of carbonyl (C=O) groups is 3. The lowest BCUT2D eigenvalue weighted by atomic mass is 9.99. The number of amides is 4. The fourth-order valence-electron chi connectivity index (χ4n) is 5.09. The number of halogens is 2. The molecule has 0 spiro atoms. The third-order valence-corrected chi connectivity index (χ3v) is 6.89. The van der Waals surface area contributed by atoms with Crippen molar-refractivity contribution in [3.63, 3.8) is 0 Å². The normalized spacial score (nSPS) is 19.5. The fourth-order valence-corrected chi connectivity index (χ4v) is 5.09. The number of nitrogens with zero attached hydrogens (tertiary/aromatic N) is 4. The Morgan fingerprint density at radius 1 is 0.975 bits per heavy atom. The highest BCUT2D eigenvalue weighted by Gasteiger charge is 2.51. The largest absolute Gasteiger partial charge is 0.375 e. The molecule has 0 saturated carbocycles. The molecule has 208 valence electrons. The molecule has 0 aromatic heterocycles. The number of anilines is 1. The van der Waals surface area contributed by atoms with E-state index >= 15 is 0 Å². The van der Waals surface area contributed by atoms with E-state index in [1.54, 1.807) is 54.4 Å². The van der Waals surface area contributed by atoms with Gasteiger partial charge in [-0.1, -0.05) is 48.5 Å². The van der Waals surface area contributed by atoms with Crippen molar-refractivity contribution in [1.82, 2.24) is 19.8 Å². The molecule has 0 unspecified atom stereocenters. The highest BCUT2D eigenvalue weighted by atomic mass is 19.1. The van der Waals surface area contributed by atoms with Crippen molar-refractivity contribution in [3.05, 3.63) is 102 Å². The zero-order chi connectivity index (χ0) is 28.2. The quantitative estimate of drug-likeness (QED) is 0.456. The van der Waals surface area contributed by atoms with Gasteiger partial charge in [-0.25, -0.2) is 23.6 Å². The number of likely N-dealkylation sites (N-methyl/N-ethyl adjacent to an activating group) is 1. The number of urea groups is 1. The molecule has 40 heavy (non-hydrogen) atoms. The number of hydrogen-bond donors (Lipinski definition) is 1. The highest BCUT2D eigenvalue weighted by Crippen LogP contribution is 2.34. The van der Waals surface area contributed by atoms with Crippen LogP contribution < -0.4 is 5.32 Å². The monoisotopic (exact) mass is 549 g/mol. The molecule has 9 nitrogen and oxygen atoms in total. The molecular formula is C29H29F2N5O4. The number of fused-ring (bicyclic) bond motifs is 1. The maximum Gasteiger partial charge on any atom is 0.338 e. The summed E-state index contributed by atoms with van der Waals surface area (Å²) in [7, 11) is 1.61. The van der Waals surface area contributed by atoms with E-state index in [0.717, 1.165) is 0 Å². The first-order valence-corrected chi connectivity index (χ1v) is 12.9. The Hall–Kier alpha value is -4.35. The smallest absolute Gasteiger partial charge is 0.338 e. The third kappa shape index (κ3) is 5.80. The summed E-state index contributed by atoms with van der Waals surface area (Å²) in [6.45, 7) is 0.439. The maximum atomic E-state index is 13.8. The highest BCUT2D eigenvalue weighted by molar-refractivity contribution is 5.94. The van der Waals surface area contributed by atoms with E-state index in [4.69, 9.17) is 4.74 Å². The lowest BCUT2D eigenvalue weighted by molar-refractivity contribution is -0.187. The number of nitrogens with one attached hydrogen (secondary N) is 1. The SMILES string of the molecule is CN1CC(=O)N2[C@@H](c3ccccc3)C(=O)N(CCOCc3cccc(F)c3)C[C@@H]2N1C(=O)Nc1cccc(F)c1. The number of ether oxygens (including phenoxy) is 1. The van der Waals surface area contributed by atoms with Gasteiger partial charge in [0.15, 0.2) is 0 Å². The zero-order valence-corrected chi connectivity index (χ0v) is 21.9. The van der Waals surface area contributed by atoms with Crippen LogP contribution in [0, 0.1) is 11.6 Å². The molecule has 1 N–H and O–H groups in total. The van der Waals surface area contributed by atoms with Crippen LogP contribution in [0.5, 0.6) is 0 Å². The lowest BCUT2D eigenvalue weighted by Gasteiger charge is -2.54. The van der Waals surface area contributed by atoms with Gasteiger partial charge < -0.3 is 19.9 Å². The van der Waals surface area contributed by atoms with Gasteiger partial charge >= 0.3 is 6.03 Å². The van der Waals surface area contributed by atoms with Crippen LogP contribution in [-0.2, 0) is 20.9 Å². The molecule has 0 aliphatic carbocycles. The molecule has 0 bridgehead atoms. The average molecular weight is 550 g/mol. The van der Waals surface area contributed by atoms with Crippen LogP contribution in [0.25, 0.3) is 0 Å². The minimum absolute atomic E-state index is 0.0398. The molecule has 2 fully saturated rings. The van der Waals surface area contributed by atoms with E-state index in [1.807, 2.05) is 6.07 Å². The summed E-state index contributed by atoms with van der Waals surface area (Å²) < 4.78 is 33.0. The molecule has 3 aromatic carbocycles. The molecule has 2 aliphatic heterocycles. The van der Waals surface area contributed by atoms with E-state index in [-0.39, 0.29) is 56.2 Å². The van der Waals surface area contributed by atoms with E-state index in [9.17, 15) is 23.2 Å². The van der Waals surface area contributed by atoms with Crippen molar-refractivity contribution in [2.24, 2.45) is 0 Å². The maximum absolute atomic E-state index is 13.8. The van der Waals surface area contributed by atoms with Crippen LogP contribution in [0.15, 0.2) is 78.9 Å². The van der Waals surface area contributed by atoms with Gasteiger partial charge in [0, 0.05) is 19.3 Å². The molecule has 0 radical (unpaired) electrons. The summed E-state index contributed by atoms with van der Waals surface area (Å²) in [4.78, 5) is 43.6. The molecule has 2 saturated heterocycles. The van der Waals surface area contributed by atoms with Crippen molar-refractivity contribution in [2.45, 2.75) is 18.8 Å². The first kappa shape index (κ1) is 27.2. The van der Waals surface area contributed by atoms with Gasteiger partial charge in [-0.15, -0.1) is 0 Å². The predicted octanol–water partition coefficient (Wildman–Crippen LogP) is 3.61. The summed E-state index contributed by atoms with van der Waals surface area (Å²) in [6.07, 6.45) is -0.828. The van der Waals surface area contributed by atoms with Crippen molar-refractivity contribution in [3.8, 4) is 0 Å². The van der Waals surface area contributed by atoms with Gasteiger partial charge in [0.25, 0.3) is 0 Å². The van der Waals surface area contributed by atoms with Gasteiger partial charge in [0.1, 0.15) is 23.8 Å². The van der Waals surface area contributed by atoms with Crippen LogP contribution >= 0.6 is 0 Å². The predicted molar refractivity (Wildman–Crippen MR) is 142 cm³/mol. The second-order valence-corrected chi connectivity index (χ2v) is 9.66. The van der Waals surface area contributed by atoms with Gasteiger partial charge in [-0.3, -0.25) is 9.59 Å². The van der Waals surface area contributed by atoms with E-state index in [1.165, 1.54) is 45.2 Å². The van der Waals surface area contributed by atoms with Crippen LogP contribution in [0.3, 0.4) is 0 Å². The Bertz CT molecular complexity index is 1390. The topological polar surface area (TPSA) is 85.4 Å². The van der Waals surface area contributed by atoms with Crippen LogP contribution in [0.1, 0.15) is 17.2 Å². The Morgan fingerprint density at radius 3 is 2.42 bits per heavy atom. The average Bonchev–Trinajstić information content (AvgIpc) is 2.92. The Kier molecular flexibility index (Phi) is 8.04. The van der Waals surface area contributed by atoms with Crippen molar-refractivity contribution in [1.29, 1.82) is 0 Å². The van der Waals surface area contributed by atoms with Crippen LogP contribution in [0.4, 0.5) is 19.3 Å². The minimum atomic E-state index is -0.950. The van der Waals surface area contributed by atoms with E-state index in [0.29, 0.717) is 11.1 Å². The lowest BCUT2D eigenvalue weighted by Crippen LogP contribution is -2.73. The van der Waals surface area contributed by atoms with Gasteiger partial charge in [-0.05, 0) is 41.5 Å². The first-order chi connectivity index (χ1) is 19.3. The Labute approximate surface area is 230 Å². The number of hydrazine groups is 1. The van der Waals surface area contributed by atoms with Crippen LogP contribution in [0.2, 0.25) is 0 Å². The van der Waals surface area contributed by atoms with Crippen molar-refractivity contribution in [2.75, 3.05) is 38.6 Å². The molecule has 3 aromatic rings. The molecule has 5 rings (SSSR count). The summed E-state index contributed by atoms with van der Waals surface area (Å²) >= 11 is 0. The fraction of sp³-hybridized carbons (Fsp3) is 0.276. The molecular weight excluding hydrogens is 520 g/mol. The summed E-state index contributed by atoms with van der Waals surface area (Å²) in [5.41, 5.74) is 1.54. The number of hydrogen-bond acceptors (Lipinski definition) is 5. The van der Waals surface area contributed by atoms with Gasteiger partial charge in [0.2, 0.25) is 11.8 Å². The Balaban J connectivity index is 1.39. The molecule has 2 heterocycles. The molecule has 11 heteroatoms. The molecule has 4 amide bonds. The zero-order valence-electron chi connectivity index (χ0n) is 21.9. The summed E-state index contributed by atoms with van der Waals surface area (Å²) in [5.74, 6) is -1.45. The number of benzene rings is 3. The second kappa shape index (κ2) is 11.8. The second-order valence-electron chi connectivity index (χ2n) is 9.66. The minimum Gasteiger partial charge on any atom is -0.375 e.